The number of allylic oxidation sites excluding steroid dienone is 1. The zero-order chi connectivity index (χ0) is 13.3. The molecule has 3 N–H and O–H groups in total. The van der Waals surface area contributed by atoms with Gasteiger partial charge in [-0.3, -0.25) is 0 Å². The van der Waals surface area contributed by atoms with E-state index in [-0.39, 0.29) is 18.5 Å². The maximum Gasteiger partial charge on any atom is 0.409 e. The van der Waals surface area contributed by atoms with Crippen molar-refractivity contribution < 1.29 is 24.5 Å². The van der Waals surface area contributed by atoms with Gasteiger partial charge in [0.1, 0.15) is 0 Å². The molecule has 1 unspecified atom stereocenters. The number of amides is 1. The number of aliphatic hydroxyl groups excluding tert-OH is 1. The number of rotatable bonds is 7. The lowest BCUT2D eigenvalue weighted by molar-refractivity contribution is -0.132. The highest BCUT2D eigenvalue weighted by Gasteiger charge is 2.09. The van der Waals surface area contributed by atoms with E-state index in [4.69, 9.17) is 5.11 Å². The fourth-order valence-corrected chi connectivity index (χ4v) is 0.909. The van der Waals surface area contributed by atoms with E-state index in [0.717, 1.165) is 0 Å². The highest BCUT2D eigenvalue weighted by atomic mass is 16.6. The molecule has 1 amide bonds. The van der Waals surface area contributed by atoms with Crippen molar-refractivity contribution in [2.75, 3.05) is 6.54 Å². The SMILES string of the molecule is C=CCNC(=O)OC(O)CCC=C(C)C(=O)O. The maximum atomic E-state index is 11.0. The number of aliphatic hydroxyl groups is 1. The van der Waals surface area contributed by atoms with Crippen LogP contribution in [0.25, 0.3) is 0 Å². The van der Waals surface area contributed by atoms with Gasteiger partial charge in [-0.1, -0.05) is 12.2 Å². The zero-order valence-electron chi connectivity index (χ0n) is 9.68. The highest BCUT2D eigenvalue weighted by Crippen LogP contribution is 2.03. The monoisotopic (exact) mass is 243 g/mol. The summed E-state index contributed by atoms with van der Waals surface area (Å²) >= 11 is 0. The van der Waals surface area contributed by atoms with E-state index in [1.54, 1.807) is 0 Å². The Kier molecular flexibility index (Phi) is 7.45. The summed E-state index contributed by atoms with van der Waals surface area (Å²) in [6.07, 6.45) is 1.40. The van der Waals surface area contributed by atoms with Gasteiger partial charge < -0.3 is 20.3 Å². The lowest BCUT2D eigenvalue weighted by atomic mass is 10.2. The van der Waals surface area contributed by atoms with Crippen LogP contribution in [-0.2, 0) is 9.53 Å². The summed E-state index contributed by atoms with van der Waals surface area (Å²) in [6, 6.07) is 0. The molecule has 0 aliphatic heterocycles. The minimum absolute atomic E-state index is 0.145. The Morgan fingerprint density at radius 3 is 2.71 bits per heavy atom. The molecule has 0 rings (SSSR count). The van der Waals surface area contributed by atoms with Crippen LogP contribution in [0.5, 0.6) is 0 Å². The molecule has 0 aliphatic rings. The highest BCUT2D eigenvalue weighted by molar-refractivity contribution is 5.85. The van der Waals surface area contributed by atoms with Gasteiger partial charge in [-0.05, 0) is 13.3 Å². The summed E-state index contributed by atoms with van der Waals surface area (Å²) in [5, 5.41) is 20.2. The summed E-state index contributed by atoms with van der Waals surface area (Å²) in [7, 11) is 0. The van der Waals surface area contributed by atoms with E-state index in [9.17, 15) is 14.7 Å². The summed E-state index contributed by atoms with van der Waals surface area (Å²) < 4.78 is 4.58. The van der Waals surface area contributed by atoms with Crippen LogP contribution in [0.4, 0.5) is 4.79 Å². The molecule has 6 heteroatoms. The summed E-state index contributed by atoms with van der Waals surface area (Å²) in [5.74, 6) is -1.01. The Morgan fingerprint density at radius 2 is 2.18 bits per heavy atom. The normalized spacial score (nSPS) is 12.7. The second kappa shape index (κ2) is 8.35. The van der Waals surface area contributed by atoms with Crippen molar-refractivity contribution >= 4 is 12.1 Å². The van der Waals surface area contributed by atoms with Crippen molar-refractivity contribution in [3.63, 3.8) is 0 Å². The van der Waals surface area contributed by atoms with Crippen LogP contribution < -0.4 is 5.32 Å². The van der Waals surface area contributed by atoms with Gasteiger partial charge >= 0.3 is 12.1 Å². The second-order valence-electron chi connectivity index (χ2n) is 3.30. The van der Waals surface area contributed by atoms with E-state index in [0.29, 0.717) is 6.42 Å². The van der Waals surface area contributed by atoms with Gasteiger partial charge in [0.2, 0.25) is 6.29 Å². The molecule has 0 bridgehead atoms. The minimum atomic E-state index is -1.25. The fourth-order valence-electron chi connectivity index (χ4n) is 0.909. The number of ether oxygens (including phenoxy) is 1. The molecule has 0 saturated heterocycles. The first-order valence-electron chi connectivity index (χ1n) is 5.11. The average Bonchev–Trinajstić information content (AvgIpc) is 2.25. The minimum Gasteiger partial charge on any atom is -0.478 e. The molecule has 1 atom stereocenters. The lowest BCUT2D eigenvalue weighted by Gasteiger charge is -2.11. The van der Waals surface area contributed by atoms with E-state index < -0.39 is 18.4 Å². The molecular formula is C11H17NO5. The van der Waals surface area contributed by atoms with Gasteiger partial charge in [0, 0.05) is 18.5 Å². The van der Waals surface area contributed by atoms with Gasteiger partial charge in [-0.25, -0.2) is 9.59 Å². The molecule has 6 nitrogen and oxygen atoms in total. The lowest BCUT2D eigenvalue weighted by Crippen LogP contribution is -2.28. The topological polar surface area (TPSA) is 95.9 Å². The largest absolute Gasteiger partial charge is 0.478 e. The average molecular weight is 243 g/mol. The van der Waals surface area contributed by atoms with Crippen molar-refractivity contribution in [2.45, 2.75) is 26.1 Å². The number of carbonyl (C=O) groups is 2. The van der Waals surface area contributed by atoms with Gasteiger partial charge in [0.05, 0.1) is 0 Å². The number of carboxylic acid groups (broad SMARTS) is 1. The van der Waals surface area contributed by atoms with Crippen molar-refractivity contribution in [3.8, 4) is 0 Å². The van der Waals surface area contributed by atoms with Crippen LogP contribution in [0.3, 0.4) is 0 Å². The maximum absolute atomic E-state index is 11.0. The predicted octanol–water partition coefficient (Wildman–Crippen LogP) is 1.03. The second-order valence-corrected chi connectivity index (χ2v) is 3.30. The van der Waals surface area contributed by atoms with Crippen LogP contribution in [-0.4, -0.2) is 35.1 Å². The molecule has 0 heterocycles. The van der Waals surface area contributed by atoms with E-state index >= 15 is 0 Å². The van der Waals surface area contributed by atoms with Crippen LogP contribution in [0, 0.1) is 0 Å². The molecule has 0 aromatic rings. The number of alkyl carbamates (subject to hydrolysis) is 1. The van der Waals surface area contributed by atoms with Crippen molar-refractivity contribution in [1.29, 1.82) is 0 Å². The first-order chi connectivity index (χ1) is 7.97. The number of carbonyl (C=O) groups excluding carboxylic acids is 1. The molecule has 96 valence electrons. The number of aliphatic carboxylic acids is 1. The standard InChI is InChI=1S/C11H17NO5/c1-3-7-12-11(16)17-9(13)6-4-5-8(2)10(14)15/h3,5,9,13H,1,4,6-7H2,2H3,(H,12,16)(H,14,15). The fraction of sp³-hybridized carbons (Fsp3) is 0.455. The van der Waals surface area contributed by atoms with Crippen LogP contribution in [0.2, 0.25) is 0 Å². The Labute approximate surface area is 99.6 Å². The third-order valence-corrected chi connectivity index (χ3v) is 1.84. The Bertz CT molecular complexity index is 311. The zero-order valence-corrected chi connectivity index (χ0v) is 9.68. The summed E-state index contributed by atoms with van der Waals surface area (Å²) in [5.41, 5.74) is 0.188. The van der Waals surface area contributed by atoms with Crippen LogP contribution in [0.15, 0.2) is 24.3 Å². The number of hydrogen-bond acceptors (Lipinski definition) is 4. The molecule has 0 spiro atoms. The smallest absolute Gasteiger partial charge is 0.409 e. The Morgan fingerprint density at radius 1 is 1.53 bits per heavy atom. The third-order valence-electron chi connectivity index (χ3n) is 1.84. The van der Waals surface area contributed by atoms with Crippen molar-refractivity contribution in [1.82, 2.24) is 5.32 Å². The van der Waals surface area contributed by atoms with E-state index in [2.05, 4.69) is 16.6 Å². The van der Waals surface area contributed by atoms with Crippen LogP contribution in [0.1, 0.15) is 19.8 Å². The molecule has 0 aromatic carbocycles. The third kappa shape index (κ3) is 8.04. The number of hydrogen-bond donors (Lipinski definition) is 3. The van der Waals surface area contributed by atoms with E-state index in [1.807, 2.05) is 0 Å². The summed E-state index contributed by atoms with van der Waals surface area (Å²) in [6.45, 7) is 5.11. The van der Waals surface area contributed by atoms with Crippen molar-refractivity contribution in [2.24, 2.45) is 0 Å². The quantitative estimate of drug-likeness (QED) is 0.352. The van der Waals surface area contributed by atoms with Gasteiger partial charge in [0.15, 0.2) is 0 Å². The molecule has 0 radical (unpaired) electrons. The van der Waals surface area contributed by atoms with Gasteiger partial charge in [0.25, 0.3) is 0 Å². The molecule has 0 aliphatic carbocycles. The van der Waals surface area contributed by atoms with E-state index in [1.165, 1.54) is 19.1 Å². The molecule has 0 saturated carbocycles. The van der Waals surface area contributed by atoms with Crippen LogP contribution >= 0.6 is 0 Å². The molecule has 0 fully saturated rings. The van der Waals surface area contributed by atoms with Gasteiger partial charge in [-0.2, -0.15) is 0 Å². The first kappa shape index (κ1) is 15.2. The first-order valence-corrected chi connectivity index (χ1v) is 5.11. The Hall–Kier alpha value is -1.82. The predicted molar refractivity (Wildman–Crippen MR) is 61.3 cm³/mol. The molecule has 17 heavy (non-hydrogen) atoms. The molecular weight excluding hydrogens is 226 g/mol. The summed E-state index contributed by atoms with van der Waals surface area (Å²) in [4.78, 5) is 21.4. The van der Waals surface area contributed by atoms with Gasteiger partial charge in [-0.15, -0.1) is 6.58 Å². The van der Waals surface area contributed by atoms with Crippen molar-refractivity contribution in [3.05, 3.63) is 24.3 Å². The number of carboxylic acids is 1. The Balaban J connectivity index is 3.83. The number of nitrogens with one attached hydrogen (secondary N) is 1. The molecule has 0 aromatic heterocycles.